The molecule has 0 unspecified atom stereocenters. The number of rotatable bonds is 0. The van der Waals surface area contributed by atoms with Gasteiger partial charge >= 0.3 is 51.4 Å². The molecule has 1 aliphatic carbocycles. The van der Waals surface area contributed by atoms with Gasteiger partial charge in [-0.3, -0.25) is 0 Å². The van der Waals surface area contributed by atoms with Crippen LogP contribution >= 0.6 is 0 Å². The molecule has 2 heteroatoms. The maximum absolute atomic E-state index is 8.91. The van der Waals surface area contributed by atoms with Gasteiger partial charge in [0.15, 0.2) is 0 Å². The van der Waals surface area contributed by atoms with Gasteiger partial charge in [-0.15, -0.1) is 0 Å². The van der Waals surface area contributed by atoms with Crippen molar-refractivity contribution in [2.75, 3.05) is 0 Å². The zero-order chi connectivity index (χ0) is 4.62. The molecule has 1 aliphatic rings. The van der Waals surface area contributed by atoms with E-state index < -0.39 is 0 Å². The van der Waals surface area contributed by atoms with E-state index in [4.69, 9.17) is 5.11 Å². The molecule has 0 radical (unpaired) electrons. The van der Waals surface area contributed by atoms with Crippen molar-refractivity contribution in [3.63, 3.8) is 0 Å². The van der Waals surface area contributed by atoms with Crippen LogP contribution in [-0.4, -0.2) is 10.7 Å². The summed E-state index contributed by atoms with van der Waals surface area (Å²) in [6.07, 6.45) is 3.23. The zero-order valence-corrected chi connectivity index (χ0v) is 8.19. The number of hydrogen-bond acceptors (Lipinski definition) is 1. The summed E-state index contributed by atoms with van der Waals surface area (Å²) in [7, 11) is 0. The van der Waals surface area contributed by atoms with Gasteiger partial charge in [-0.25, -0.2) is 0 Å². The Morgan fingerprint density at radius 1 is 1.57 bits per heavy atom. The van der Waals surface area contributed by atoms with Gasteiger partial charge in [0, 0.05) is 0 Å². The van der Waals surface area contributed by atoms with E-state index in [-0.39, 0.29) is 58.4 Å². The largest absolute Gasteiger partial charge is 1.00 e. The molecule has 1 saturated carbocycles. The Bertz CT molecular complexity index is 59.4. The molecule has 38 valence electrons. The minimum Gasteiger partial charge on any atom is -1.00 e. The van der Waals surface area contributed by atoms with Crippen LogP contribution in [0.3, 0.4) is 0 Å². The van der Waals surface area contributed by atoms with Gasteiger partial charge in [-0.1, -0.05) is 0 Å². The molecular weight excluding hydrogens is 115 g/mol. The van der Waals surface area contributed by atoms with Crippen LogP contribution in [0.2, 0.25) is 0 Å². The van der Waals surface area contributed by atoms with Crippen LogP contribution in [0.4, 0.5) is 0 Å². The Kier molecular flexibility index (Phi) is 3.62. The standard InChI is InChI=1S/C5H10O.K.H/c1-5(6)3-2-4-5;;/h6H,2-4H2,1H3;;/q;+1;-1. The van der Waals surface area contributed by atoms with Crippen LogP contribution in [0.25, 0.3) is 0 Å². The molecule has 1 rings (SSSR count). The molecule has 1 N–H and O–H groups in total. The van der Waals surface area contributed by atoms with E-state index in [9.17, 15) is 0 Å². The van der Waals surface area contributed by atoms with Crippen molar-refractivity contribution in [2.45, 2.75) is 31.8 Å². The number of hydrogen-bond donors (Lipinski definition) is 1. The Hall–Kier alpha value is 1.60. The molecule has 1 fully saturated rings. The second kappa shape index (κ2) is 2.94. The Balaban J connectivity index is 0. The van der Waals surface area contributed by atoms with Crippen molar-refractivity contribution in [1.29, 1.82) is 0 Å². The predicted molar refractivity (Wildman–Crippen MR) is 25.6 cm³/mol. The number of aliphatic hydroxyl groups is 1. The van der Waals surface area contributed by atoms with Crippen molar-refractivity contribution < 1.29 is 57.9 Å². The summed E-state index contributed by atoms with van der Waals surface area (Å²) in [5, 5.41) is 8.91. The topological polar surface area (TPSA) is 20.2 Å². The van der Waals surface area contributed by atoms with Gasteiger partial charge in [0.1, 0.15) is 0 Å². The third kappa shape index (κ3) is 2.58. The fourth-order valence-corrected chi connectivity index (χ4v) is 0.688. The van der Waals surface area contributed by atoms with Crippen molar-refractivity contribution >= 4 is 0 Å². The molecule has 0 heterocycles. The minimum absolute atomic E-state index is 0. The molecule has 0 saturated heterocycles. The quantitative estimate of drug-likeness (QED) is 0.374. The molecule has 0 aromatic carbocycles. The first-order valence-corrected chi connectivity index (χ1v) is 2.43. The molecular formula is C5H11KO. The summed E-state index contributed by atoms with van der Waals surface area (Å²) >= 11 is 0. The molecule has 0 amide bonds. The third-order valence-electron chi connectivity index (χ3n) is 1.43. The van der Waals surface area contributed by atoms with Crippen LogP contribution in [0, 0.1) is 0 Å². The Morgan fingerprint density at radius 3 is 1.86 bits per heavy atom. The Labute approximate surface area is 88.4 Å². The van der Waals surface area contributed by atoms with Crippen LogP contribution in [0.1, 0.15) is 27.6 Å². The maximum Gasteiger partial charge on any atom is 1.00 e. The molecule has 0 aromatic rings. The van der Waals surface area contributed by atoms with E-state index in [1.54, 1.807) is 0 Å². The predicted octanol–water partition coefficient (Wildman–Crippen LogP) is -1.96. The van der Waals surface area contributed by atoms with Crippen molar-refractivity contribution in [1.82, 2.24) is 0 Å². The van der Waals surface area contributed by atoms with Crippen LogP contribution < -0.4 is 51.4 Å². The van der Waals surface area contributed by atoms with Gasteiger partial charge < -0.3 is 6.53 Å². The smallest absolute Gasteiger partial charge is 1.00 e. The van der Waals surface area contributed by atoms with Crippen LogP contribution in [0.15, 0.2) is 0 Å². The van der Waals surface area contributed by atoms with E-state index >= 15 is 0 Å². The second-order valence-corrected chi connectivity index (χ2v) is 2.35. The molecule has 7 heavy (non-hydrogen) atoms. The average Bonchev–Trinajstić information content (AvgIpc) is 1.32. The third-order valence-corrected chi connectivity index (χ3v) is 1.43. The zero-order valence-electron chi connectivity index (χ0n) is 6.07. The first-order chi connectivity index (χ1) is 2.71. The average molecular weight is 126 g/mol. The maximum atomic E-state index is 8.91. The van der Waals surface area contributed by atoms with Crippen molar-refractivity contribution in [3.05, 3.63) is 0 Å². The molecule has 1 nitrogen and oxygen atoms in total. The first kappa shape index (κ1) is 8.60. The normalized spacial score (nSPS) is 24.9. The molecule has 0 aromatic heterocycles. The molecule has 0 atom stereocenters. The van der Waals surface area contributed by atoms with Gasteiger partial charge in [-0.2, -0.15) is 0 Å². The van der Waals surface area contributed by atoms with Gasteiger partial charge in [-0.05, 0) is 26.2 Å². The van der Waals surface area contributed by atoms with Crippen LogP contribution in [0.5, 0.6) is 0 Å². The summed E-state index contributed by atoms with van der Waals surface area (Å²) < 4.78 is 0. The van der Waals surface area contributed by atoms with E-state index in [1.807, 2.05) is 6.92 Å². The monoisotopic (exact) mass is 126 g/mol. The summed E-state index contributed by atoms with van der Waals surface area (Å²) in [6.45, 7) is 1.89. The van der Waals surface area contributed by atoms with Crippen molar-refractivity contribution in [2.24, 2.45) is 0 Å². The molecule has 0 bridgehead atoms. The van der Waals surface area contributed by atoms with Gasteiger partial charge in [0.05, 0.1) is 5.60 Å². The Morgan fingerprint density at radius 2 is 1.86 bits per heavy atom. The summed E-state index contributed by atoms with van der Waals surface area (Å²) in [5.41, 5.74) is -0.278. The van der Waals surface area contributed by atoms with Crippen molar-refractivity contribution in [3.8, 4) is 0 Å². The SMILES string of the molecule is CC1(O)CCC1.[H-].[K+]. The summed E-state index contributed by atoms with van der Waals surface area (Å²) in [4.78, 5) is 0. The summed E-state index contributed by atoms with van der Waals surface area (Å²) in [6, 6.07) is 0. The first-order valence-electron chi connectivity index (χ1n) is 2.43. The van der Waals surface area contributed by atoms with Gasteiger partial charge in [0.25, 0.3) is 0 Å². The molecule has 0 aliphatic heterocycles. The van der Waals surface area contributed by atoms with Crippen LogP contribution in [-0.2, 0) is 0 Å². The minimum atomic E-state index is -0.278. The molecule has 0 spiro atoms. The van der Waals surface area contributed by atoms with E-state index in [0.29, 0.717) is 0 Å². The summed E-state index contributed by atoms with van der Waals surface area (Å²) in [5.74, 6) is 0. The van der Waals surface area contributed by atoms with E-state index in [2.05, 4.69) is 0 Å². The van der Waals surface area contributed by atoms with Gasteiger partial charge in [0.2, 0.25) is 0 Å². The second-order valence-electron chi connectivity index (χ2n) is 2.35. The van der Waals surface area contributed by atoms with E-state index in [1.165, 1.54) is 6.42 Å². The fourth-order valence-electron chi connectivity index (χ4n) is 0.688. The van der Waals surface area contributed by atoms with E-state index in [0.717, 1.165) is 12.8 Å². The fraction of sp³-hybridized carbons (Fsp3) is 1.00.